The molecule has 0 spiro atoms. The largest absolute Gasteiger partial charge is 0.506 e. The molecule has 0 aliphatic carbocycles. The molecule has 1 rings (SSSR count). The fourth-order valence-electron chi connectivity index (χ4n) is 1.24. The number of hydrogen-bond acceptors (Lipinski definition) is 4. The zero-order chi connectivity index (χ0) is 11.4. The van der Waals surface area contributed by atoms with E-state index in [4.69, 9.17) is 17.3 Å². The quantitative estimate of drug-likeness (QED) is 0.354. The number of nitrogen functional groups attached to an aromatic ring is 1. The molecule has 0 fully saturated rings. The summed E-state index contributed by atoms with van der Waals surface area (Å²) < 4.78 is 0. The summed E-state index contributed by atoms with van der Waals surface area (Å²) in [7, 11) is 0. The third-order valence-electron chi connectivity index (χ3n) is 2.17. The maximum atomic E-state index is 9.67. The molecule has 2 unspecified atom stereocenters. The molecular formula is C10H14ClNO3. The molecule has 0 radical (unpaired) electrons. The number of phenols is 1. The standard InChI is InChI=1S/C10H14ClNO3/c11-4-3-8(13)10(15)6-1-2-7(12)9(14)5-6/h1-2,5,8,10,13-15H,3-4,12H2. The summed E-state index contributed by atoms with van der Waals surface area (Å²) in [5.41, 5.74) is 6.06. The zero-order valence-corrected chi connectivity index (χ0v) is 8.85. The minimum Gasteiger partial charge on any atom is -0.506 e. The van der Waals surface area contributed by atoms with Crippen LogP contribution in [0.2, 0.25) is 0 Å². The summed E-state index contributed by atoms with van der Waals surface area (Å²) in [5, 5.41) is 28.5. The molecule has 2 atom stereocenters. The van der Waals surface area contributed by atoms with Gasteiger partial charge in [0.2, 0.25) is 0 Å². The Kier molecular flexibility index (Phi) is 4.20. The molecule has 84 valence electrons. The third kappa shape index (κ3) is 2.99. The second-order valence-corrected chi connectivity index (χ2v) is 3.69. The Morgan fingerprint density at radius 3 is 2.53 bits per heavy atom. The average Bonchev–Trinajstić information content (AvgIpc) is 2.21. The summed E-state index contributed by atoms with van der Waals surface area (Å²) >= 11 is 5.44. The molecule has 0 amide bonds. The van der Waals surface area contributed by atoms with Crippen molar-refractivity contribution >= 4 is 17.3 Å². The van der Waals surface area contributed by atoms with Gasteiger partial charge in [0.05, 0.1) is 11.8 Å². The van der Waals surface area contributed by atoms with Crippen molar-refractivity contribution in [3.8, 4) is 5.75 Å². The van der Waals surface area contributed by atoms with E-state index in [-0.39, 0.29) is 23.7 Å². The molecular weight excluding hydrogens is 218 g/mol. The van der Waals surface area contributed by atoms with Crippen molar-refractivity contribution in [2.24, 2.45) is 0 Å². The molecule has 5 N–H and O–H groups in total. The number of alkyl halides is 1. The number of hydrogen-bond donors (Lipinski definition) is 4. The summed E-state index contributed by atoms with van der Waals surface area (Å²) in [4.78, 5) is 0. The number of anilines is 1. The molecule has 0 aromatic heterocycles. The van der Waals surface area contributed by atoms with Crippen LogP contribution in [-0.4, -0.2) is 27.3 Å². The van der Waals surface area contributed by atoms with Crippen molar-refractivity contribution in [3.05, 3.63) is 23.8 Å². The van der Waals surface area contributed by atoms with Gasteiger partial charge in [-0.2, -0.15) is 0 Å². The number of aliphatic hydroxyl groups excluding tert-OH is 2. The fourth-order valence-corrected chi connectivity index (χ4v) is 1.46. The van der Waals surface area contributed by atoms with E-state index in [1.165, 1.54) is 12.1 Å². The minimum absolute atomic E-state index is 0.107. The van der Waals surface area contributed by atoms with Crippen molar-refractivity contribution in [1.82, 2.24) is 0 Å². The summed E-state index contributed by atoms with van der Waals surface area (Å²) in [6, 6.07) is 4.36. The van der Waals surface area contributed by atoms with Gasteiger partial charge in [0.15, 0.2) is 0 Å². The van der Waals surface area contributed by atoms with Crippen LogP contribution in [0.5, 0.6) is 5.75 Å². The first-order valence-corrected chi connectivity index (χ1v) is 5.10. The van der Waals surface area contributed by atoms with Crippen molar-refractivity contribution in [2.75, 3.05) is 11.6 Å². The minimum atomic E-state index is -1.06. The highest BCUT2D eigenvalue weighted by atomic mass is 35.5. The first kappa shape index (κ1) is 12.1. The molecule has 0 aliphatic heterocycles. The number of aliphatic hydroxyl groups is 2. The lowest BCUT2D eigenvalue weighted by Gasteiger charge is -2.17. The molecule has 0 saturated carbocycles. The number of halogens is 1. The highest BCUT2D eigenvalue weighted by molar-refractivity contribution is 6.17. The lowest BCUT2D eigenvalue weighted by molar-refractivity contribution is 0.0169. The van der Waals surface area contributed by atoms with Gasteiger partial charge in [0.25, 0.3) is 0 Å². The van der Waals surface area contributed by atoms with E-state index in [2.05, 4.69) is 0 Å². The van der Waals surface area contributed by atoms with Gasteiger partial charge < -0.3 is 21.1 Å². The van der Waals surface area contributed by atoms with Crippen LogP contribution in [0.3, 0.4) is 0 Å². The topological polar surface area (TPSA) is 86.7 Å². The van der Waals surface area contributed by atoms with Crippen LogP contribution in [0.1, 0.15) is 18.1 Å². The Morgan fingerprint density at radius 2 is 2.00 bits per heavy atom. The Labute approximate surface area is 92.9 Å². The van der Waals surface area contributed by atoms with Crippen LogP contribution in [0, 0.1) is 0 Å². The van der Waals surface area contributed by atoms with E-state index in [9.17, 15) is 15.3 Å². The van der Waals surface area contributed by atoms with E-state index in [1.807, 2.05) is 0 Å². The normalized spacial score (nSPS) is 14.9. The van der Waals surface area contributed by atoms with Gasteiger partial charge in [0, 0.05) is 5.88 Å². The Morgan fingerprint density at radius 1 is 1.33 bits per heavy atom. The first-order chi connectivity index (χ1) is 7.06. The van der Waals surface area contributed by atoms with E-state index >= 15 is 0 Å². The maximum Gasteiger partial charge on any atom is 0.138 e. The molecule has 0 bridgehead atoms. The van der Waals surface area contributed by atoms with Crippen LogP contribution in [0.15, 0.2) is 18.2 Å². The lowest BCUT2D eigenvalue weighted by atomic mass is 10.0. The molecule has 1 aromatic carbocycles. The Balaban J connectivity index is 2.81. The molecule has 0 aliphatic rings. The van der Waals surface area contributed by atoms with Crippen LogP contribution >= 0.6 is 11.6 Å². The zero-order valence-electron chi connectivity index (χ0n) is 8.10. The summed E-state index contributed by atoms with van der Waals surface area (Å²) in [6.07, 6.45) is -1.71. The van der Waals surface area contributed by atoms with Crippen LogP contribution in [0.4, 0.5) is 5.69 Å². The van der Waals surface area contributed by atoms with Crippen LogP contribution in [0.25, 0.3) is 0 Å². The van der Waals surface area contributed by atoms with Crippen molar-refractivity contribution < 1.29 is 15.3 Å². The van der Waals surface area contributed by atoms with Gasteiger partial charge in [-0.25, -0.2) is 0 Å². The average molecular weight is 232 g/mol. The van der Waals surface area contributed by atoms with Gasteiger partial charge in [-0.1, -0.05) is 6.07 Å². The van der Waals surface area contributed by atoms with Crippen molar-refractivity contribution in [1.29, 1.82) is 0 Å². The van der Waals surface area contributed by atoms with E-state index in [0.717, 1.165) is 0 Å². The van der Waals surface area contributed by atoms with Gasteiger partial charge in [-0.05, 0) is 24.1 Å². The van der Waals surface area contributed by atoms with Crippen LogP contribution in [-0.2, 0) is 0 Å². The molecule has 5 heteroatoms. The maximum absolute atomic E-state index is 9.67. The van der Waals surface area contributed by atoms with Crippen LogP contribution < -0.4 is 5.73 Å². The molecule has 0 saturated heterocycles. The van der Waals surface area contributed by atoms with E-state index in [1.54, 1.807) is 6.07 Å². The number of phenolic OH excluding ortho intramolecular Hbond substituents is 1. The molecule has 1 aromatic rings. The van der Waals surface area contributed by atoms with Gasteiger partial charge in [-0.3, -0.25) is 0 Å². The second-order valence-electron chi connectivity index (χ2n) is 3.31. The number of aromatic hydroxyl groups is 1. The first-order valence-electron chi connectivity index (χ1n) is 4.56. The number of rotatable bonds is 4. The summed E-state index contributed by atoms with van der Waals surface area (Å²) in [6.45, 7) is 0. The van der Waals surface area contributed by atoms with E-state index in [0.29, 0.717) is 5.56 Å². The van der Waals surface area contributed by atoms with Crippen molar-refractivity contribution in [2.45, 2.75) is 18.6 Å². The fraction of sp³-hybridized carbons (Fsp3) is 0.400. The number of nitrogens with two attached hydrogens (primary N) is 1. The third-order valence-corrected chi connectivity index (χ3v) is 2.38. The molecule has 4 nitrogen and oxygen atoms in total. The summed E-state index contributed by atoms with van der Waals surface area (Å²) in [5.74, 6) is 0.156. The smallest absolute Gasteiger partial charge is 0.138 e. The predicted molar refractivity (Wildman–Crippen MR) is 58.8 cm³/mol. The lowest BCUT2D eigenvalue weighted by Crippen LogP contribution is -2.18. The van der Waals surface area contributed by atoms with Gasteiger partial charge in [-0.15, -0.1) is 11.6 Å². The number of benzene rings is 1. The molecule has 0 heterocycles. The monoisotopic (exact) mass is 231 g/mol. The van der Waals surface area contributed by atoms with Crippen molar-refractivity contribution in [3.63, 3.8) is 0 Å². The van der Waals surface area contributed by atoms with E-state index < -0.39 is 12.2 Å². The predicted octanol–water partition coefficient (Wildman–Crippen LogP) is 0.998. The Hall–Kier alpha value is -0.970. The highest BCUT2D eigenvalue weighted by Crippen LogP contribution is 2.26. The Bertz CT molecular complexity index is 332. The second kappa shape index (κ2) is 5.21. The highest BCUT2D eigenvalue weighted by Gasteiger charge is 2.18. The van der Waals surface area contributed by atoms with Gasteiger partial charge in [0.1, 0.15) is 11.9 Å². The SMILES string of the molecule is Nc1ccc(C(O)C(O)CCCl)cc1O. The molecule has 15 heavy (non-hydrogen) atoms. The van der Waals surface area contributed by atoms with Gasteiger partial charge >= 0.3 is 0 Å².